The third-order valence-corrected chi connectivity index (χ3v) is 4.54. The first kappa shape index (κ1) is 23.7. The van der Waals surface area contributed by atoms with E-state index in [4.69, 9.17) is 9.15 Å². The highest BCUT2D eigenvalue weighted by molar-refractivity contribution is 14.0. The van der Waals surface area contributed by atoms with Gasteiger partial charge in [0, 0.05) is 12.6 Å². The predicted octanol–water partition coefficient (Wildman–Crippen LogP) is 4.84. The lowest BCUT2D eigenvalue weighted by atomic mass is 10.1. The Kier molecular flexibility index (Phi) is 8.64. The van der Waals surface area contributed by atoms with Gasteiger partial charge in [0.2, 0.25) is 5.89 Å². The minimum atomic E-state index is -0.396. The summed E-state index contributed by atoms with van der Waals surface area (Å²) in [6.45, 7) is 4.41. The summed E-state index contributed by atoms with van der Waals surface area (Å²) in [5.74, 6) is 0.979. The highest BCUT2D eigenvalue weighted by Crippen LogP contribution is 2.22. The van der Waals surface area contributed by atoms with Gasteiger partial charge < -0.3 is 19.8 Å². The van der Waals surface area contributed by atoms with Gasteiger partial charge in [-0.2, -0.15) is 0 Å². The standard InChI is InChI=1S/C22H25FN4O2.HI/c1-14-5-7-16(8-6-14)21-27-18(13-29-21)12-25-22(24-3)26-15(2)17-9-10-20(28-4)19(23)11-17;/h5-11,13,15H,12H2,1-4H3,(H2,24,25,26);1H. The lowest BCUT2D eigenvalue weighted by Crippen LogP contribution is -2.38. The number of aliphatic imine (C=N–C) groups is 1. The Balaban J connectivity index is 0.00000320. The Labute approximate surface area is 193 Å². The van der Waals surface area contributed by atoms with Crippen molar-refractivity contribution in [2.24, 2.45) is 4.99 Å². The Bertz CT molecular complexity index is 989. The van der Waals surface area contributed by atoms with Crippen LogP contribution in [0, 0.1) is 12.7 Å². The van der Waals surface area contributed by atoms with Gasteiger partial charge in [0.15, 0.2) is 17.5 Å². The highest BCUT2D eigenvalue weighted by atomic mass is 127. The molecule has 8 heteroatoms. The number of hydrogen-bond donors (Lipinski definition) is 2. The summed E-state index contributed by atoms with van der Waals surface area (Å²) >= 11 is 0. The van der Waals surface area contributed by atoms with E-state index in [1.807, 2.05) is 44.2 Å². The molecule has 6 nitrogen and oxygen atoms in total. The van der Waals surface area contributed by atoms with Crippen LogP contribution in [-0.4, -0.2) is 25.1 Å². The average Bonchev–Trinajstić information content (AvgIpc) is 3.20. The molecule has 0 amide bonds. The molecule has 0 aliphatic heterocycles. The molecule has 1 aromatic heterocycles. The van der Waals surface area contributed by atoms with Crippen LogP contribution >= 0.6 is 24.0 Å². The zero-order chi connectivity index (χ0) is 20.8. The van der Waals surface area contributed by atoms with Crippen LogP contribution in [0.15, 0.2) is 58.1 Å². The maximum Gasteiger partial charge on any atom is 0.226 e. The fourth-order valence-electron chi connectivity index (χ4n) is 2.83. The first-order valence-electron chi connectivity index (χ1n) is 9.32. The monoisotopic (exact) mass is 524 g/mol. The molecular formula is C22H26FIN4O2. The first-order chi connectivity index (χ1) is 14.0. The second-order valence-corrected chi connectivity index (χ2v) is 6.70. The Morgan fingerprint density at radius 3 is 2.60 bits per heavy atom. The van der Waals surface area contributed by atoms with E-state index in [9.17, 15) is 4.39 Å². The predicted molar refractivity (Wildman–Crippen MR) is 127 cm³/mol. The summed E-state index contributed by atoms with van der Waals surface area (Å²) in [4.78, 5) is 8.73. The minimum Gasteiger partial charge on any atom is -0.494 e. The topological polar surface area (TPSA) is 71.7 Å². The molecule has 160 valence electrons. The largest absolute Gasteiger partial charge is 0.494 e. The molecule has 0 radical (unpaired) electrons. The van der Waals surface area contributed by atoms with Crippen molar-refractivity contribution in [3.63, 3.8) is 0 Å². The Morgan fingerprint density at radius 1 is 1.23 bits per heavy atom. The number of oxazole rings is 1. The number of nitrogens with one attached hydrogen (secondary N) is 2. The van der Waals surface area contributed by atoms with Crippen LogP contribution in [-0.2, 0) is 6.54 Å². The summed E-state index contributed by atoms with van der Waals surface area (Å²) in [6, 6.07) is 12.7. The SMILES string of the molecule is CN=C(NCc1coc(-c2ccc(C)cc2)n1)NC(C)c1ccc(OC)c(F)c1.I. The number of methoxy groups -OCH3 is 1. The smallest absolute Gasteiger partial charge is 0.226 e. The van der Waals surface area contributed by atoms with Crippen molar-refractivity contribution < 1.29 is 13.5 Å². The fraction of sp³-hybridized carbons (Fsp3) is 0.273. The number of rotatable bonds is 6. The quantitative estimate of drug-likeness (QED) is 0.274. The molecule has 0 bridgehead atoms. The lowest BCUT2D eigenvalue weighted by Gasteiger charge is -2.18. The Hall–Kier alpha value is -2.62. The second-order valence-electron chi connectivity index (χ2n) is 6.70. The van der Waals surface area contributed by atoms with Gasteiger partial charge in [-0.25, -0.2) is 9.37 Å². The fourth-order valence-corrected chi connectivity index (χ4v) is 2.83. The van der Waals surface area contributed by atoms with Crippen molar-refractivity contribution in [2.45, 2.75) is 26.4 Å². The summed E-state index contributed by atoms with van der Waals surface area (Å²) in [5, 5.41) is 6.43. The third kappa shape index (κ3) is 5.94. The van der Waals surface area contributed by atoms with E-state index >= 15 is 0 Å². The van der Waals surface area contributed by atoms with Crippen molar-refractivity contribution in [1.29, 1.82) is 0 Å². The summed E-state index contributed by atoms with van der Waals surface area (Å²) in [7, 11) is 3.12. The van der Waals surface area contributed by atoms with Gasteiger partial charge in [0.1, 0.15) is 6.26 Å². The van der Waals surface area contributed by atoms with Crippen molar-refractivity contribution in [3.8, 4) is 17.2 Å². The zero-order valence-electron chi connectivity index (χ0n) is 17.4. The van der Waals surface area contributed by atoms with Gasteiger partial charge in [-0.15, -0.1) is 24.0 Å². The Morgan fingerprint density at radius 2 is 1.97 bits per heavy atom. The van der Waals surface area contributed by atoms with Gasteiger partial charge in [0.05, 0.1) is 25.4 Å². The normalized spacial score (nSPS) is 12.1. The summed E-state index contributed by atoms with van der Waals surface area (Å²) < 4.78 is 24.5. The van der Waals surface area contributed by atoms with E-state index in [0.29, 0.717) is 18.4 Å². The van der Waals surface area contributed by atoms with Crippen molar-refractivity contribution in [3.05, 3.63) is 71.4 Å². The molecule has 1 atom stereocenters. The minimum absolute atomic E-state index is 0. The molecule has 2 aromatic carbocycles. The molecule has 30 heavy (non-hydrogen) atoms. The number of hydrogen-bond acceptors (Lipinski definition) is 4. The molecule has 0 aliphatic carbocycles. The summed E-state index contributed by atoms with van der Waals surface area (Å²) in [5.41, 5.74) is 3.66. The maximum absolute atomic E-state index is 13.9. The van der Waals surface area contributed by atoms with Gasteiger partial charge in [-0.3, -0.25) is 4.99 Å². The molecule has 0 aliphatic rings. The van der Waals surface area contributed by atoms with Gasteiger partial charge >= 0.3 is 0 Å². The van der Waals surface area contributed by atoms with Crippen LogP contribution in [0.5, 0.6) is 5.75 Å². The maximum atomic E-state index is 13.9. The molecule has 2 N–H and O–H groups in total. The average molecular weight is 524 g/mol. The van der Waals surface area contributed by atoms with Crippen molar-refractivity contribution in [2.75, 3.05) is 14.2 Å². The first-order valence-corrected chi connectivity index (χ1v) is 9.32. The molecule has 3 aromatic rings. The van der Waals surface area contributed by atoms with Crippen LogP contribution in [0.2, 0.25) is 0 Å². The summed E-state index contributed by atoms with van der Waals surface area (Å²) in [6.07, 6.45) is 1.62. The third-order valence-electron chi connectivity index (χ3n) is 4.54. The van der Waals surface area contributed by atoms with Gasteiger partial charge in [-0.1, -0.05) is 23.8 Å². The molecular weight excluding hydrogens is 498 g/mol. The van der Waals surface area contributed by atoms with E-state index < -0.39 is 5.82 Å². The van der Waals surface area contributed by atoms with Crippen LogP contribution in [0.4, 0.5) is 4.39 Å². The van der Waals surface area contributed by atoms with E-state index in [-0.39, 0.29) is 35.8 Å². The van der Waals surface area contributed by atoms with Gasteiger partial charge in [-0.05, 0) is 43.7 Å². The van der Waals surface area contributed by atoms with Gasteiger partial charge in [0.25, 0.3) is 0 Å². The molecule has 0 saturated carbocycles. The number of halogens is 2. The molecule has 0 fully saturated rings. The van der Waals surface area contributed by atoms with Crippen LogP contribution < -0.4 is 15.4 Å². The highest BCUT2D eigenvalue weighted by Gasteiger charge is 2.12. The van der Waals surface area contributed by atoms with Crippen LogP contribution in [0.3, 0.4) is 0 Å². The lowest BCUT2D eigenvalue weighted by molar-refractivity contribution is 0.386. The molecule has 0 saturated heterocycles. The number of nitrogens with zero attached hydrogens (tertiary/aromatic N) is 2. The van der Waals surface area contributed by atoms with E-state index in [1.54, 1.807) is 19.4 Å². The number of aryl methyl sites for hydroxylation is 1. The second kappa shape index (κ2) is 11.0. The van der Waals surface area contributed by atoms with Crippen molar-refractivity contribution in [1.82, 2.24) is 15.6 Å². The van der Waals surface area contributed by atoms with E-state index in [1.165, 1.54) is 18.7 Å². The number of ether oxygens (including phenoxy) is 1. The number of aromatic nitrogens is 1. The number of guanidine groups is 1. The van der Waals surface area contributed by atoms with E-state index in [0.717, 1.165) is 16.8 Å². The van der Waals surface area contributed by atoms with Crippen molar-refractivity contribution >= 4 is 29.9 Å². The number of benzene rings is 2. The van der Waals surface area contributed by atoms with Crippen LogP contribution in [0.1, 0.15) is 29.8 Å². The molecule has 1 unspecified atom stereocenters. The molecule has 3 rings (SSSR count). The van der Waals surface area contributed by atoms with E-state index in [2.05, 4.69) is 20.6 Å². The molecule has 1 heterocycles. The zero-order valence-corrected chi connectivity index (χ0v) is 19.7. The van der Waals surface area contributed by atoms with Crippen LogP contribution in [0.25, 0.3) is 11.5 Å². The molecule has 0 spiro atoms.